The van der Waals surface area contributed by atoms with Crippen molar-refractivity contribution < 1.29 is 0 Å². The van der Waals surface area contributed by atoms with Crippen LogP contribution in [0.2, 0.25) is 0 Å². The third kappa shape index (κ3) is 3.32. The fourth-order valence-corrected chi connectivity index (χ4v) is 1.74. The Labute approximate surface area is 78.0 Å². The van der Waals surface area contributed by atoms with Crippen LogP contribution in [-0.4, -0.2) is 18.1 Å². The number of nitrogens with one attached hydrogen (secondary N) is 1. The molecule has 0 amide bonds. The molecule has 0 bridgehead atoms. The average molecular weight is 184 g/mol. The highest BCUT2D eigenvalue weighted by molar-refractivity contribution is 7.09. The molecule has 0 fully saturated rings. The molecule has 0 spiro atoms. The summed E-state index contributed by atoms with van der Waals surface area (Å²) in [6, 6.07) is 0. The molecule has 1 rings (SSSR count). The number of aromatic nitrogens is 1. The first-order chi connectivity index (χ1) is 5.83. The Kier molecular flexibility index (Phi) is 4.25. The van der Waals surface area contributed by atoms with Crippen LogP contribution in [0.4, 0.5) is 0 Å². The van der Waals surface area contributed by atoms with Gasteiger partial charge in [-0.05, 0) is 32.9 Å². The SMILES string of the molecule is CCNCCCc1csc(C)n1. The average Bonchev–Trinajstić information content (AvgIpc) is 2.45. The zero-order valence-corrected chi connectivity index (χ0v) is 8.58. The molecule has 1 aromatic rings. The van der Waals surface area contributed by atoms with E-state index in [1.54, 1.807) is 11.3 Å². The fraction of sp³-hybridized carbons (Fsp3) is 0.667. The largest absolute Gasteiger partial charge is 0.317 e. The van der Waals surface area contributed by atoms with Crippen LogP contribution in [0.25, 0.3) is 0 Å². The van der Waals surface area contributed by atoms with Gasteiger partial charge in [0.15, 0.2) is 0 Å². The highest BCUT2D eigenvalue weighted by Gasteiger charge is 1.96. The van der Waals surface area contributed by atoms with Crippen LogP contribution in [0.15, 0.2) is 5.38 Å². The zero-order valence-electron chi connectivity index (χ0n) is 7.76. The number of nitrogens with zero attached hydrogens (tertiary/aromatic N) is 1. The van der Waals surface area contributed by atoms with E-state index in [-0.39, 0.29) is 0 Å². The number of thiazole rings is 1. The van der Waals surface area contributed by atoms with Crippen LogP contribution in [0.3, 0.4) is 0 Å². The molecular formula is C9H16N2S. The lowest BCUT2D eigenvalue weighted by atomic mass is 10.2. The third-order valence-corrected chi connectivity index (χ3v) is 2.53. The molecule has 0 aliphatic heterocycles. The molecule has 0 aliphatic rings. The summed E-state index contributed by atoms with van der Waals surface area (Å²) >= 11 is 1.74. The molecule has 12 heavy (non-hydrogen) atoms. The minimum Gasteiger partial charge on any atom is -0.317 e. The van der Waals surface area contributed by atoms with Gasteiger partial charge in [0.1, 0.15) is 0 Å². The predicted octanol–water partition coefficient (Wildman–Crippen LogP) is 1.99. The van der Waals surface area contributed by atoms with E-state index in [0.717, 1.165) is 19.5 Å². The van der Waals surface area contributed by atoms with Crippen LogP contribution < -0.4 is 5.32 Å². The third-order valence-electron chi connectivity index (χ3n) is 1.70. The van der Waals surface area contributed by atoms with Crippen molar-refractivity contribution in [2.75, 3.05) is 13.1 Å². The minimum atomic E-state index is 1.07. The molecule has 2 nitrogen and oxygen atoms in total. The second kappa shape index (κ2) is 5.27. The van der Waals surface area contributed by atoms with Crippen molar-refractivity contribution in [3.8, 4) is 0 Å². The van der Waals surface area contributed by atoms with Crippen molar-refractivity contribution in [3.05, 3.63) is 16.1 Å². The normalized spacial score (nSPS) is 10.5. The van der Waals surface area contributed by atoms with Gasteiger partial charge in [-0.1, -0.05) is 6.92 Å². The van der Waals surface area contributed by atoms with Gasteiger partial charge in [0.05, 0.1) is 10.7 Å². The Morgan fingerprint density at radius 2 is 2.42 bits per heavy atom. The van der Waals surface area contributed by atoms with Gasteiger partial charge in [0.2, 0.25) is 0 Å². The maximum Gasteiger partial charge on any atom is 0.0897 e. The predicted molar refractivity (Wildman–Crippen MR) is 53.7 cm³/mol. The Morgan fingerprint density at radius 1 is 1.58 bits per heavy atom. The molecule has 0 radical (unpaired) electrons. The van der Waals surface area contributed by atoms with Gasteiger partial charge in [-0.3, -0.25) is 0 Å². The molecule has 0 saturated heterocycles. The Hall–Kier alpha value is -0.410. The Bertz CT molecular complexity index is 220. The number of rotatable bonds is 5. The summed E-state index contributed by atoms with van der Waals surface area (Å²) in [4.78, 5) is 4.40. The van der Waals surface area contributed by atoms with Crippen LogP contribution >= 0.6 is 11.3 Å². The first-order valence-corrected chi connectivity index (χ1v) is 5.32. The summed E-state index contributed by atoms with van der Waals surface area (Å²) in [6.07, 6.45) is 2.30. The van der Waals surface area contributed by atoms with Crippen LogP contribution in [0, 0.1) is 6.92 Å². The summed E-state index contributed by atoms with van der Waals surface area (Å²) in [5, 5.41) is 6.63. The van der Waals surface area contributed by atoms with Crippen LogP contribution in [-0.2, 0) is 6.42 Å². The lowest BCUT2D eigenvalue weighted by Gasteiger charge is -1.98. The van der Waals surface area contributed by atoms with Crippen molar-refractivity contribution in [1.29, 1.82) is 0 Å². The molecule has 0 aliphatic carbocycles. The highest BCUT2D eigenvalue weighted by Crippen LogP contribution is 2.09. The van der Waals surface area contributed by atoms with Gasteiger partial charge in [0, 0.05) is 5.38 Å². The maximum absolute atomic E-state index is 4.40. The number of hydrogen-bond donors (Lipinski definition) is 1. The number of aryl methyl sites for hydroxylation is 2. The second-order valence-electron chi connectivity index (χ2n) is 2.81. The van der Waals surface area contributed by atoms with E-state index < -0.39 is 0 Å². The maximum atomic E-state index is 4.40. The first kappa shape index (κ1) is 9.68. The molecule has 0 unspecified atom stereocenters. The monoisotopic (exact) mass is 184 g/mol. The minimum absolute atomic E-state index is 1.07. The molecule has 1 aromatic heterocycles. The smallest absolute Gasteiger partial charge is 0.0897 e. The molecule has 0 saturated carbocycles. The van der Waals surface area contributed by atoms with Gasteiger partial charge >= 0.3 is 0 Å². The van der Waals surface area contributed by atoms with Crippen molar-refractivity contribution in [2.24, 2.45) is 0 Å². The van der Waals surface area contributed by atoms with E-state index in [2.05, 4.69) is 29.5 Å². The topological polar surface area (TPSA) is 24.9 Å². The van der Waals surface area contributed by atoms with E-state index >= 15 is 0 Å². The molecule has 0 atom stereocenters. The summed E-state index contributed by atoms with van der Waals surface area (Å²) in [5.74, 6) is 0. The first-order valence-electron chi connectivity index (χ1n) is 4.44. The van der Waals surface area contributed by atoms with E-state index in [1.807, 2.05) is 0 Å². The summed E-state index contributed by atoms with van der Waals surface area (Å²) in [5.41, 5.74) is 1.25. The lowest BCUT2D eigenvalue weighted by molar-refractivity contribution is 0.668. The molecular weight excluding hydrogens is 168 g/mol. The van der Waals surface area contributed by atoms with Gasteiger partial charge in [-0.25, -0.2) is 4.98 Å². The quantitative estimate of drug-likeness (QED) is 0.708. The highest BCUT2D eigenvalue weighted by atomic mass is 32.1. The van der Waals surface area contributed by atoms with Crippen molar-refractivity contribution >= 4 is 11.3 Å². The Morgan fingerprint density at radius 3 is 3.00 bits per heavy atom. The molecule has 1 N–H and O–H groups in total. The summed E-state index contributed by atoms with van der Waals surface area (Å²) in [7, 11) is 0. The van der Waals surface area contributed by atoms with Gasteiger partial charge in [-0.15, -0.1) is 11.3 Å². The lowest BCUT2D eigenvalue weighted by Crippen LogP contribution is -2.14. The standard InChI is InChI=1S/C9H16N2S/c1-3-10-6-4-5-9-7-12-8(2)11-9/h7,10H,3-6H2,1-2H3. The van der Waals surface area contributed by atoms with Crippen LogP contribution in [0.5, 0.6) is 0 Å². The fourth-order valence-electron chi connectivity index (χ4n) is 1.09. The summed E-state index contributed by atoms with van der Waals surface area (Å²) in [6.45, 7) is 6.36. The van der Waals surface area contributed by atoms with E-state index in [0.29, 0.717) is 0 Å². The molecule has 3 heteroatoms. The van der Waals surface area contributed by atoms with Gasteiger partial charge < -0.3 is 5.32 Å². The Balaban J connectivity index is 2.15. The van der Waals surface area contributed by atoms with Crippen molar-refractivity contribution in [1.82, 2.24) is 10.3 Å². The number of hydrogen-bond acceptors (Lipinski definition) is 3. The van der Waals surface area contributed by atoms with Gasteiger partial charge in [0.25, 0.3) is 0 Å². The summed E-state index contributed by atoms with van der Waals surface area (Å²) < 4.78 is 0. The van der Waals surface area contributed by atoms with Gasteiger partial charge in [-0.2, -0.15) is 0 Å². The van der Waals surface area contributed by atoms with Crippen LogP contribution in [0.1, 0.15) is 24.0 Å². The molecule has 68 valence electrons. The van der Waals surface area contributed by atoms with Crippen molar-refractivity contribution in [3.63, 3.8) is 0 Å². The van der Waals surface area contributed by atoms with E-state index in [4.69, 9.17) is 0 Å². The van der Waals surface area contributed by atoms with Crippen molar-refractivity contribution in [2.45, 2.75) is 26.7 Å². The van der Waals surface area contributed by atoms with E-state index in [9.17, 15) is 0 Å². The molecule has 1 heterocycles. The zero-order chi connectivity index (χ0) is 8.81. The molecule has 0 aromatic carbocycles. The second-order valence-corrected chi connectivity index (χ2v) is 3.88. The van der Waals surface area contributed by atoms with E-state index in [1.165, 1.54) is 17.1 Å².